The summed E-state index contributed by atoms with van der Waals surface area (Å²) in [6, 6.07) is 38.2. The molecule has 0 atom stereocenters. The van der Waals surface area contributed by atoms with E-state index in [4.69, 9.17) is 8.23 Å². The minimum absolute atomic E-state index is 0.667. The van der Waals surface area contributed by atoms with Crippen LogP contribution in [0.25, 0.3) is 58.5 Å². The van der Waals surface area contributed by atoms with Crippen LogP contribution < -0.4 is 0 Å². The van der Waals surface area contributed by atoms with Gasteiger partial charge in [-0.1, -0.05) is 103 Å². The van der Waals surface area contributed by atoms with Gasteiger partial charge in [-0.3, -0.25) is 0 Å². The minimum atomic E-state index is -1.36. The molecule has 8 aromatic heterocycles. The van der Waals surface area contributed by atoms with Crippen LogP contribution in [0.5, 0.6) is 0 Å². The Morgan fingerprint density at radius 1 is 0.350 bits per heavy atom. The van der Waals surface area contributed by atoms with Crippen LogP contribution in [0.1, 0.15) is 143 Å². The third-order valence-corrected chi connectivity index (χ3v) is 34.5. The largest absolute Gasteiger partial charge is 0.461 e. The zero-order chi connectivity index (χ0) is 57.1. The van der Waals surface area contributed by atoms with Crippen molar-refractivity contribution in [2.45, 2.75) is 207 Å². The molecule has 0 amide bonds. The molecule has 80 heavy (non-hydrogen) atoms. The molecule has 8 rings (SSSR count). The summed E-state index contributed by atoms with van der Waals surface area (Å²) < 4.78 is 11.8. The Balaban J connectivity index is 0.000000234. The topological polar surface area (TPSA) is 18.5 Å². The van der Waals surface area contributed by atoms with Crippen molar-refractivity contribution >= 4 is 126 Å². The number of rotatable bonds is 34. The molecule has 8 heterocycles. The molecule has 0 bridgehead atoms. The predicted octanol–water partition coefficient (Wildman–Crippen LogP) is 25.1. The summed E-state index contributed by atoms with van der Waals surface area (Å²) in [5.41, 5.74) is 0. The van der Waals surface area contributed by atoms with Crippen molar-refractivity contribution in [2.75, 3.05) is 0 Å². The Labute approximate surface area is 524 Å². The van der Waals surface area contributed by atoms with Gasteiger partial charge in [0.2, 0.25) is 0 Å². The summed E-state index contributed by atoms with van der Waals surface area (Å²) in [5.74, 6) is 0. The summed E-state index contributed by atoms with van der Waals surface area (Å²) in [7, 11) is -3.56. The van der Waals surface area contributed by atoms with Gasteiger partial charge in [0.05, 0.1) is 0 Å². The zero-order valence-corrected chi connectivity index (χ0v) is 61.4. The maximum Gasteiger partial charge on any atom is 0.173 e. The highest BCUT2D eigenvalue weighted by molar-refractivity contribution is 7.29. The lowest BCUT2D eigenvalue weighted by Crippen LogP contribution is -2.34. The quantitative estimate of drug-likeness (QED) is 0.0227. The molecule has 8 aromatic rings. The fourth-order valence-corrected chi connectivity index (χ4v) is 29.5. The molecule has 0 N–H and O–H groups in total. The van der Waals surface area contributed by atoms with Crippen molar-refractivity contribution in [3.05, 3.63) is 129 Å². The molecule has 0 saturated heterocycles. The van der Waals surface area contributed by atoms with E-state index in [0.29, 0.717) is 0 Å². The van der Waals surface area contributed by atoms with E-state index in [0.717, 1.165) is 12.8 Å². The monoisotopic (exact) mass is 1290 g/mol. The maximum atomic E-state index is 6.29. The van der Waals surface area contributed by atoms with Crippen LogP contribution in [-0.2, 0) is 33.9 Å². The van der Waals surface area contributed by atoms with Crippen LogP contribution in [0.3, 0.4) is 0 Å². The van der Waals surface area contributed by atoms with Gasteiger partial charge in [-0.05, 0) is 207 Å². The number of hydrogen-bond donors (Lipinski definition) is 0. The number of unbranched alkanes of at least 4 members (excludes halogenated alkanes) is 15. The molecule has 436 valence electrons. The van der Waals surface area contributed by atoms with Crippen molar-refractivity contribution in [3.63, 3.8) is 0 Å². The van der Waals surface area contributed by atoms with E-state index in [9.17, 15) is 0 Å². The number of hydrogen-bond acceptors (Lipinski definition) is 10. The Kier molecular flexibility index (Phi) is 31.0. The van der Waals surface area contributed by atoms with E-state index in [2.05, 4.69) is 170 Å². The third-order valence-electron chi connectivity index (χ3n) is 13.9. The van der Waals surface area contributed by atoms with Gasteiger partial charge in [0.1, 0.15) is 0 Å². The van der Waals surface area contributed by atoms with Crippen LogP contribution >= 0.6 is 90.7 Å². The molecular weight excluding hydrogens is 1190 g/mol. The molecule has 0 aliphatic heterocycles. The predicted molar refractivity (Wildman–Crippen MR) is 384 cm³/mol. The second-order valence-electron chi connectivity index (χ2n) is 22.6. The van der Waals surface area contributed by atoms with Crippen LogP contribution in [0.15, 0.2) is 110 Å². The molecule has 0 unspecified atom stereocenters. The highest BCUT2D eigenvalue weighted by atomic mass is 32.1. The Bertz CT molecular complexity index is 2910. The van der Waals surface area contributed by atoms with E-state index in [-0.39, 0.29) is 0 Å². The normalized spacial score (nSPS) is 11.7. The molecule has 0 saturated carbocycles. The van der Waals surface area contributed by atoms with Crippen LogP contribution in [0.2, 0.25) is 58.4 Å². The summed E-state index contributed by atoms with van der Waals surface area (Å²) in [5, 5.41) is 0. The van der Waals surface area contributed by atoms with Crippen molar-refractivity contribution in [1.29, 1.82) is 0 Å². The summed E-state index contributed by atoms with van der Waals surface area (Å²) in [6.45, 7) is 26.6. The van der Waals surface area contributed by atoms with Crippen molar-refractivity contribution < 1.29 is 8.23 Å². The standard InChI is InChI=1S/C33H48OS4Si2.C29H34S4.C4H14OSi2/c1-6-26-17-19-28(35-26)30-21-23-32(37-30)33-24-22-31(38-33)29-20-18-27(36-29)16-14-12-10-8-7-9-11-13-15-25-40(4,5)34-39(2)3;1-3-5-6-7-8-9-10-11-12-13-23-15-17-25(31-23)27-19-21-29(33-27)28-20-18-26(32-28)24-16-14-22(4-2)30-24;1-6(2)5-7(3)4/h17-24,39H,6-16,25H2,1-5H3;3,14-21H,1,4-13H2,2H3;6-7H,1-4H3. The molecule has 0 aliphatic carbocycles. The number of aryl methyl sites for hydroxylation is 4. The average molecular weight is 1290 g/mol. The fraction of sp³-hybridized carbons (Fsp3) is 0.485. The van der Waals surface area contributed by atoms with E-state index in [1.165, 1.54) is 201 Å². The molecular formula is C66H96O2S8Si4. The summed E-state index contributed by atoms with van der Waals surface area (Å²) >= 11 is 15.6. The van der Waals surface area contributed by atoms with E-state index < -0.39 is 35.4 Å². The lowest BCUT2D eigenvalue weighted by atomic mass is 10.1. The first-order valence-corrected chi connectivity index (χ1v) is 48.4. The first kappa shape index (κ1) is 67.3. The lowest BCUT2D eigenvalue weighted by Gasteiger charge is -2.25. The number of allylic oxidation sites excluding steroid dienone is 1. The van der Waals surface area contributed by atoms with Gasteiger partial charge >= 0.3 is 0 Å². The lowest BCUT2D eigenvalue weighted by molar-refractivity contribution is 0.545. The van der Waals surface area contributed by atoms with Crippen molar-refractivity contribution in [3.8, 4) is 58.5 Å². The van der Waals surface area contributed by atoms with Gasteiger partial charge in [0.15, 0.2) is 35.4 Å². The summed E-state index contributed by atoms with van der Waals surface area (Å²) in [6.07, 6.45) is 30.0. The zero-order valence-electron chi connectivity index (χ0n) is 50.4. The Morgan fingerprint density at radius 2 is 0.613 bits per heavy atom. The molecule has 0 fully saturated rings. The molecule has 0 spiro atoms. The van der Waals surface area contributed by atoms with Crippen LogP contribution in [-0.4, -0.2) is 35.4 Å². The Morgan fingerprint density at radius 3 is 0.887 bits per heavy atom. The van der Waals surface area contributed by atoms with Gasteiger partial charge in [-0.15, -0.1) is 97.3 Å². The first-order chi connectivity index (χ1) is 38.7. The van der Waals surface area contributed by atoms with Gasteiger partial charge in [0.25, 0.3) is 0 Å². The second kappa shape index (κ2) is 36.9. The highest BCUT2D eigenvalue weighted by Crippen LogP contribution is 2.45. The van der Waals surface area contributed by atoms with Gasteiger partial charge < -0.3 is 8.23 Å². The van der Waals surface area contributed by atoms with Crippen LogP contribution in [0, 0.1) is 0 Å². The first-order valence-electron chi connectivity index (χ1n) is 30.4. The molecule has 0 radical (unpaired) electrons. The summed E-state index contributed by atoms with van der Waals surface area (Å²) in [4.78, 5) is 22.8. The SMILES string of the molecule is C=CCCCCCCCCCc1ccc(-c2ccc(-c3ccc(-c4ccc(CC)s4)s3)s2)s1.CCc1ccc(-c2ccc(-c3ccc(-c4ccc(CCCCCCCCCCC[Si](C)(C)O[SiH](C)C)s4)s3)s2)s1.C[SiH](C)O[SiH](C)C. The fourth-order valence-electron chi connectivity index (χ4n) is 9.90. The average Bonchev–Trinajstić information content (AvgIpc) is 4.31. The van der Waals surface area contributed by atoms with Crippen LogP contribution in [0.4, 0.5) is 0 Å². The second-order valence-corrected chi connectivity index (χ2v) is 43.9. The van der Waals surface area contributed by atoms with E-state index >= 15 is 0 Å². The number of thiophene rings is 8. The maximum absolute atomic E-state index is 6.29. The van der Waals surface area contributed by atoms with Gasteiger partial charge in [-0.2, -0.15) is 0 Å². The molecule has 0 aromatic carbocycles. The van der Waals surface area contributed by atoms with Crippen molar-refractivity contribution in [1.82, 2.24) is 0 Å². The smallest absolute Gasteiger partial charge is 0.173 e. The molecule has 2 nitrogen and oxygen atoms in total. The Hall–Kier alpha value is -1.87. The molecule has 14 heteroatoms. The molecule has 0 aliphatic rings. The van der Waals surface area contributed by atoms with E-state index in [1.54, 1.807) is 4.88 Å². The third kappa shape index (κ3) is 24.2. The van der Waals surface area contributed by atoms with Gasteiger partial charge in [-0.25, -0.2) is 0 Å². The highest BCUT2D eigenvalue weighted by Gasteiger charge is 2.23. The van der Waals surface area contributed by atoms with E-state index in [1.807, 2.05) is 96.8 Å². The minimum Gasteiger partial charge on any atom is -0.461 e. The van der Waals surface area contributed by atoms with Crippen molar-refractivity contribution in [2.24, 2.45) is 0 Å². The van der Waals surface area contributed by atoms with Gasteiger partial charge in [0, 0.05) is 78.0 Å².